The number of amidine groups is 1. The van der Waals surface area contributed by atoms with Crippen LogP contribution in [0.1, 0.15) is 57.1 Å². The van der Waals surface area contributed by atoms with Crippen molar-refractivity contribution in [1.82, 2.24) is 20.1 Å². The molecular weight excluding hydrogens is 632 g/mol. The van der Waals surface area contributed by atoms with Crippen LogP contribution in [0.25, 0.3) is 22.6 Å². The normalized spacial score (nSPS) is 16.9. The molecule has 6 rings (SSSR count). The number of allylic oxidation sites excluding steroid dienone is 2. The molecule has 0 saturated carbocycles. The van der Waals surface area contributed by atoms with Crippen molar-refractivity contribution in [1.29, 1.82) is 0 Å². The van der Waals surface area contributed by atoms with Gasteiger partial charge in [0.05, 0.1) is 17.1 Å². The first-order chi connectivity index (χ1) is 22.4. The van der Waals surface area contributed by atoms with E-state index < -0.39 is 6.36 Å². The number of ether oxygens (including phenoxy) is 1. The molecule has 1 aromatic heterocycles. The van der Waals surface area contributed by atoms with Gasteiger partial charge in [-0.3, -0.25) is 9.69 Å². The number of rotatable bonds is 9. The fraction of sp³-hybridized carbons (Fsp3) is 0.294. The number of hydrogen-bond donors (Lipinski definition) is 1. The standard InChI is InChI=1S/C34H32F4N6O2S/c1-20(2)28-17-24(35)11-16-30(28)44-31(45)18-47-33(44)41-21(3)40-29-6-4-5-27(29)22-7-9-23(10-8-22)32-39-19-43(42-32)25-12-14-26(15-13-25)46-34(36,37)38/h7-17,19-21,40H,4-6,18H2,1-3H3/b41-33-. The van der Waals surface area contributed by atoms with E-state index in [-0.39, 0.29) is 35.3 Å². The van der Waals surface area contributed by atoms with Crippen molar-refractivity contribution in [2.45, 2.75) is 58.5 Å². The molecule has 1 fully saturated rings. The smallest absolute Gasteiger partial charge is 0.406 e. The number of anilines is 1. The largest absolute Gasteiger partial charge is 0.573 e. The van der Waals surface area contributed by atoms with E-state index in [0.29, 0.717) is 22.4 Å². The quantitative estimate of drug-likeness (QED) is 0.182. The van der Waals surface area contributed by atoms with E-state index in [4.69, 9.17) is 4.99 Å². The number of benzene rings is 3. The Balaban J connectivity index is 1.16. The Morgan fingerprint density at radius 2 is 1.70 bits per heavy atom. The van der Waals surface area contributed by atoms with Crippen LogP contribution >= 0.6 is 11.8 Å². The Morgan fingerprint density at radius 1 is 0.979 bits per heavy atom. The highest BCUT2D eigenvalue weighted by Gasteiger charge is 2.33. The van der Waals surface area contributed by atoms with E-state index in [9.17, 15) is 22.4 Å². The summed E-state index contributed by atoms with van der Waals surface area (Å²) >= 11 is 1.38. The summed E-state index contributed by atoms with van der Waals surface area (Å²) in [5.74, 6) is 0.0543. The van der Waals surface area contributed by atoms with Crippen molar-refractivity contribution in [2.24, 2.45) is 4.99 Å². The van der Waals surface area contributed by atoms with Crippen molar-refractivity contribution in [3.8, 4) is 22.8 Å². The first kappa shape index (κ1) is 32.3. The lowest BCUT2D eigenvalue weighted by molar-refractivity contribution is -0.274. The molecule has 1 saturated heterocycles. The van der Waals surface area contributed by atoms with Gasteiger partial charge in [-0.25, -0.2) is 19.0 Å². The van der Waals surface area contributed by atoms with E-state index in [0.717, 1.165) is 41.6 Å². The van der Waals surface area contributed by atoms with Gasteiger partial charge in [-0.05, 0) is 91.3 Å². The van der Waals surface area contributed by atoms with Gasteiger partial charge in [0, 0.05) is 11.3 Å². The second-order valence-corrected chi connectivity index (χ2v) is 12.5. The van der Waals surface area contributed by atoms with Crippen molar-refractivity contribution in [3.05, 3.63) is 95.7 Å². The summed E-state index contributed by atoms with van der Waals surface area (Å²) in [5, 5.41) is 8.63. The molecule has 0 bridgehead atoms. The zero-order chi connectivity index (χ0) is 33.3. The molecular formula is C34H32F4N6O2S. The van der Waals surface area contributed by atoms with Crippen molar-refractivity contribution in [3.63, 3.8) is 0 Å². The van der Waals surface area contributed by atoms with Gasteiger partial charge in [-0.2, -0.15) is 0 Å². The van der Waals surface area contributed by atoms with Crippen LogP contribution in [0.5, 0.6) is 5.75 Å². The number of nitrogens with zero attached hydrogens (tertiary/aromatic N) is 5. The van der Waals surface area contributed by atoms with E-state index in [1.807, 2.05) is 45.0 Å². The Bertz CT molecular complexity index is 1830. The SMILES string of the molecule is CC(/N=C1\SCC(=O)N1c1ccc(F)cc1C(C)C)NC1=C(c2ccc(-c3ncn(-c4ccc(OC(F)(F)F)cc4)n3)cc2)CCC1. The van der Waals surface area contributed by atoms with Crippen LogP contribution in [0.3, 0.4) is 0 Å². The van der Waals surface area contributed by atoms with Gasteiger partial charge in [-0.15, -0.1) is 18.3 Å². The molecule has 13 heteroatoms. The van der Waals surface area contributed by atoms with Crippen LogP contribution in [0.15, 0.2) is 83.7 Å². The Kier molecular flexibility index (Phi) is 9.09. The summed E-state index contributed by atoms with van der Waals surface area (Å²) in [6.45, 7) is 5.90. The molecule has 1 unspecified atom stereocenters. The van der Waals surface area contributed by atoms with Crippen molar-refractivity contribution in [2.75, 3.05) is 10.7 Å². The number of alkyl halides is 3. The number of hydrogen-bond acceptors (Lipinski definition) is 7. The molecule has 1 aliphatic carbocycles. The highest BCUT2D eigenvalue weighted by Crippen LogP contribution is 2.36. The van der Waals surface area contributed by atoms with Gasteiger partial charge in [0.1, 0.15) is 24.1 Å². The molecule has 0 spiro atoms. The van der Waals surface area contributed by atoms with Crippen molar-refractivity contribution >= 4 is 34.1 Å². The van der Waals surface area contributed by atoms with Crippen molar-refractivity contribution < 1.29 is 27.1 Å². The Hall–Kier alpha value is -4.65. The van der Waals surface area contributed by atoms with Gasteiger partial charge in [0.2, 0.25) is 5.91 Å². The lowest BCUT2D eigenvalue weighted by Gasteiger charge is -2.23. The second kappa shape index (κ2) is 13.2. The van der Waals surface area contributed by atoms with E-state index >= 15 is 0 Å². The zero-order valence-electron chi connectivity index (χ0n) is 25.9. The zero-order valence-corrected chi connectivity index (χ0v) is 26.7. The molecule has 8 nitrogen and oxygen atoms in total. The van der Waals surface area contributed by atoms with Crippen LogP contribution in [-0.2, 0) is 4.79 Å². The van der Waals surface area contributed by atoms with Gasteiger partial charge in [0.15, 0.2) is 11.0 Å². The van der Waals surface area contributed by atoms with Gasteiger partial charge < -0.3 is 10.1 Å². The molecule has 1 amide bonds. The highest BCUT2D eigenvalue weighted by molar-refractivity contribution is 8.15. The van der Waals surface area contributed by atoms with Crippen LogP contribution in [0.2, 0.25) is 0 Å². The number of nitrogens with one attached hydrogen (secondary N) is 1. The number of aromatic nitrogens is 3. The number of thioether (sulfide) groups is 1. The summed E-state index contributed by atoms with van der Waals surface area (Å²) in [5.41, 5.74) is 6.11. The van der Waals surface area contributed by atoms with Gasteiger partial charge in [0.25, 0.3) is 0 Å². The number of halogens is 4. The second-order valence-electron chi connectivity index (χ2n) is 11.6. The Labute approximate surface area is 273 Å². The van der Waals surface area contributed by atoms with Crippen LogP contribution in [0.4, 0.5) is 23.2 Å². The fourth-order valence-electron chi connectivity index (χ4n) is 5.70. The molecule has 4 aromatic rings. The molecule has 244 valence electrons. The fourth-order valence-corrected chi connectivity index (χ4v) is 6.64. The first-order valence-corrected chi connectivity index (χ1v) is 16.1. The third-order valence-electron chi connectivity index (χ3n) is 7.84. The van der Waals surface area contributed by atoms with Gasteiger partial charge >= 0.3 is 6.36 Å². The summed E-state index contributed by atoms with van der Waals surface area (Å²) < 4.78 is 56.9. The van der Waals surface area contributed by atoms with E-state index in [2.05, 4.69) is 20.1 Å². The average Bonchev–Trinajstić information content (AvgIpc) is 3.78. The maximum Gasteiger partial charge on any atom is 0.573 e. The molecule has 1 atom stereocenters. The molecule has 2 heterocycles. The number of aliphatic imine (C=N–C) groups is 1. The lowest BCUT2D eigenvalue weighted by atomic mass is 10.0. The molecule has 47 heavy (non-hydrogen) atoms. The minimum atomic E-state index is -4.76. The van der Waals surface area contributed by atoms with E-state index in [1.165, 1.54) is 64.7 Å². The van der Waals surface area contributed by atoms with Crippen LogP contribution in [0, 0.1) is 5.82 Å². The highest BCUT2D eigenvalue weighted by atomic mass is 32.2. The van der Waals surface area contributed by atoms with Gasteiger partial charge in [-0.1, -0.05) is 49.9 Å². The first-order valence-electron chi connectivity index (χ1n) is 15.2. The number of amides is 1. The average molecular weight is 665 g/mol. The van der Waals surface area contributed by atoms with Crippen LogP contribution in [-0.4, -0.2) is 44.1 Å². The predicted octanol–water partition coefficient (Wildman–Crippen LogP) is 8.06. The minimum Gasteiger partial charge on any atom is -0.406 e. The molecule has 1 aliphatic heterocycles. The topological polar surface area (TPSA) is 84.6 Å². The number of carbonyl (C=O) groups is 1. The summed E-state index contributed by atoms with van der Waals surface area (Å²) in [7, 11) is 0. The Morgan fingerprint density at radius 3 is 2.40 bits per heavy atom. The van der Waals surface area contributed by atoms with E-state index in [1.54, 1.807) is 11.0 Å². The summed E-state index contributed by atoms with van der Waals surface area (Å²) in [6, 6.07) is 17.8. The van der Waals surface area contributed by atoms with Crippen LogP contribution < -0.4 is 15.0 Å². The third kappa shape index (κ3) is 7.35. The molecule has 1 N–H and O–H groups in total. The molecule has 3 aromatic carbocycles. The summed E-state index contributed by atoms with van der Waals surface area (Å²) in [6.07, 6.45) is -0.791. The third-order valence-corrected chi connectivity index (χ3v) is 8.78. The summed E-state index contributed by atoms with van der Waals surface area (Å²) in [4.78, 5) is 23.8. The maximum atomic E-state index is 14.0. The maximum absolute atomic E-state index is 14.0. The molecule has 0 radical (unpaired) electrons. The monoisotopic (exact) mass is 664 g/mol. The molecule has 2 aliphatic rings. The predicted molar refractivity (Wildman–Crippen MR) is 175 cm³/mol. The number of carbonyl (C=O) groups excluding carboxylic acids is 1. The lowest BCUT2D eigenvalue weighted by Crippen LogP contribution is -2.33. The minimum absolute atomic E-state index is 0.0301.